The maximum absolute atomic E-state index is 12.8. The van der Waals surface area contributed by atoms with Crippen molar-refractivity contribution in [3.05, 3.63) is 34.6 Å². The number of carbonyl (C=O) groups excluding carboxylic acids is 1. The summed E-state index contributed by atoms with van der Waals surface area (Å²) < 4.78 is 12.8. The van der Waals surface area contributed by atoms with E-state index in [2.05, 4.69) is 5.32 Å². The van der Waals surface area contributed by atoms with Gasteiger partial charge in [-0.05, 0) is 32.0 Å². The second-order valence-electron chi connectivity index (χ2n) is 4.01. The lowest BCUT2D eigenvalue weighted by molar-refractivity contribution is -0.143. The summed E-state index contributed by atoms with van der Waals surface area (Å²) in [5.74, 6) is -2.41. The molecule has 0 unspecified atom stereocenters. The molecule has 0 radical (unpaired) electrons. The first-order valence-corrected chi connectivity index (χ1v) is 5.13. The van der Waals surface area contributed by atoms with Crippen LogP contribution in [0.5, 0.6) is 0 Å². The number of hydrogen-bond acceptors (Lipinski definition) is 2. The molecule has 0 heterocycles. The van der Waals surface area contributed by atoms with Crippen molar-refractivity contribution in [2.45, 2.75) is 19.4 Å². The number of carboxylic acids is 1. The normalized spacial score (nSPS) is 11.1. The molecule has 0 bridgehead atoms. The van der Waals surface area contributed by atoms with Crippen LogP contribution in [0.2, 0.25) is 5.02 Å². The van der Waals surface area contributed by atoms with E-state index < -0.39 is 23.2 Å². The lowest BCUT2D eigenvalue weighted by Gasteiger charge is -2.21. The van der Waals surface area contributed by atoms with Crippen LogP contribution in [0.15, 0.2) is 18.2 Å². The van der Waals surface area contributed by atoms with Crippen LogP contribution in [0, 0.1) is 5.82 Å². The number of hydrogen-bond donors (Lipinski definition) is 2. The summed E-state index contributed by atoms with van der Waals surface area (Å²) in [5.41, 5.74) is -1.39. The van der Waals surface area contributed by atoms with Crippen LogP contribution in [0.25, 0.3) is 0 Å². The van der Waals surface area contributed by atoms with Gasteiger partial charge in [0, 0.05) is 0 Å². The standard InChI is InChI=1S/C11H11ClFNO3/c1-11(2,10(16)17)14-9(15)7-4-3-6(13)5-8(7)12/h3-5H,1-2H3,(H,14,15)(H,16,17). The summed E-state index contributed by atoms with van der Waals surface area (Å²) in [6, 6.07) is 3.27. The molecule has 0 aromatic heterocycles. The predicted octanol–water partition coefficient (Wildman–Crippen LogP) is 2.07. The summed E-state index contributed by atoms with van der Waals surface area (Å²) in [7, 11) is 0. The molecule has 1 aromatic rings. The zero-order chi connectivity index (χ0) is 13.2. The van der Waals surface area contributed by atoms with E-state index in [9.17, 15) is 14.0 Å². The number of nitrogens with one attached hydrogen (secondary N) is 1. The molecule has 6 heteroatoms. The third-order valence-corrected chi connectivity index (χ3v) is 2.45. The number of rotatable bonds is 3. The van der Waals surface area contributed by atoms with Crippen molar-refractivity contribution in [2.75, 3.05) is 0 Å². The number of carbonyl (C=O) groups is 2. The fourth-order valence-electron chi connectivity index (χ4n) is 1.08. The van der Waals surface area contributed by atoms with Crippen molar-refractivity contribution in [1.29, 1.82) is 0 Å². The van der Waals surface area contributed by atoms with Gasteiger partial charge >= 0.3 is 5.97 Å². The average Bonchev–Trinajstić information content (AvgIpc) is 2.15. The molecule has 17 heavy (non-hydrogen) atoms. The third kappa shape index (κ3) is 3.17. The van der Waals surface area contributed by atoms with Crippen LogP contribution >= 0.6 is 11.6 Å². The van der Waals surface area contributed by atoms with Crippen LogP contribution in [0.1, 0.15) is 24.2 Å². The summed E-state index contributed by atoms with van der Waals surface area (Å²) in [6.45, 7) is 2.68. The molecule has 0 saturated carbocycles. The van der Waals surface area contributed by atoms with Gasteiger partial charge in [-0.15, -0.1) is 0 Å². The SMILES string of the molecule is CC(C)(NC(=O)c1ccc(F)cc1Cl)C(=O)O. The largest absolute Gasteiger partial charge is 0.480 e. The molecular weight excluding hydrogens is 249 g/mol. The second-order valence-corrected chi connectivity index (χ2v) is 4.42. The van der Waals surface area contributed by atoms with Crippen molar-refractivity contribution in [1.82, 2.24) is 5.32 Å². The average molecular weight is 260 g/mol. The van der Waals surface area contributed by atoms with Crippen molar-refractivity contribution < 1.29 is 19.1 Å². The third-order valence-electron chi connectivity index (χ3n) is 2.14. The first-order chi connectivity index (χ1) is 7.74. The molecule has 0 fully saturated rings. The van der Waals surface area contributed by atoms with Gasteiger partial charge in [0.2, 0.25) is 0 Å². The quantitative estimate of drug-likeness (QED) is 0.873. The molecule has 0 aliphatic rings. The minimum atomic E-state index is -1.42. The minimum Gasteiger partial charge on any atom is -0.480 e. The van der Waals surface area contributed by atoms with E-state index in [-0.39, 0.29) is 10.6 Å². The van der Waals surface area contributed by atoms with Crippen molar-refractivity contribution in [3.8, 4) is 0 Å². The van der Waals surface area contributed by atoms with Crippen molar-refractivity contribution in [3.63, 3.8) is 0 Å². The lowest BCUT2D eigenvalue weighted by atomic mass is 10.1. The highest BCUT2D eigenvalue weighted by molar-refractivity contribution is 6.33. The van der Waals surface area contributed by atoms with E-state index in [1.165, 1.54) is 19.9 Å². The molecule has 1 aromatic carbocycles. The van der Waals surface area contributed by atoms with E-state index in [0.717, 1.165) is 12.1 Å². The molecule has 1 amide bonds. The summed E-state index contributed by atoms with van der Waals surface area (Å²) in [4.78, 5) is 22.5. The van der Waals surface area contributed by atoms with Crippen LogP contribution < -0.4 is 5.32 Å². The zero-order valence-electron chi connectivity index (χ0n) is 9.25. The number of amides is 1. The Morgan fingerprint density at radius 1 is 1.41 bits per heavy atom. The zero-order valence-corrected chi connectivity index (χ0v) is 10.0. The van der Waals surface area contributed by atoms with Crippen LogP contribution in [0.4, 0.5) is 4.39 Å². The Morgan fingerprint density at radius 2 is 2.00 bits per heavy atom. The smallest absolute Gasteiger partial charge is 0.328 e. The van der Waals surface area contributed by atoms with Gasteiger partial charge in [0.25, 0.3) is 5.91 Å². The van der Waals surface area contributed by atoms with Gasteiger partial charge in [-0.1, -0.05) is 11.6 Å². The van der Waals surface area contributed by atoms with Gasteiger partial charge in [0.1, 0.15) is 11.4 Å². The first kappa shape index (κ1) is 13.4. The first-order valence-electron chi connectivity index (χ1n) is 4.75. The highest BCUT2D eigenvalue weighted by Crippen LogP contribution is 2.18. The van der Waals surface area contributed by atoms with E-state index >= 15 is 0 Å². The van der Waals surface area contributed by atoms with Gasteiger partial charge in [-0.25, -0.2) is 9.18 Å². The predicted molar refractivity (Wildman–Crippen MR) is 60.6 cm³/mol. The van der Waals surface area contributed by atoms with Gasteiger partial charge in [0.15, 0.2) is 0 Å². The molecule has 2 N–H and O–H groups in total. The Kier molecular flexibility index (Phi) is 3.72. The molecular formula is C11H11ClFNO3. The second kappa shape index (κ2) is 4.71. The number of benzene rings is 1. The molecule has 0 aliphatic heterocycles. The molecule has 4 nitrogen and oxygen atoms in total. The number of halogens is 2. The molecule has 0 spiro atoms. The molecule has 92 valence electrons. The minimum absolute atomic E-state index is 0.0300. The van der Waals surface area contributed by atoms with Gasteiger partial charge < -0.3 is 10.4 Å². The van der Waals surface area contributed by atoms with E-state index in [1.807, 2.05) is 0 Å². The van der Waals surface area contributed by atoms with E-state index in [0.29, 0.717) is 0 Å². The molecule has 0 atom stereocenters. The maximum atomic E-state index is 12.8. The summed E-state index contributed by atoms with van der Waals surface area (Å²) in [6.07, 6.45) is 0. The molecule has 0 saturated heterocycles. The lowest BCUT2D eigenvalue weighted by Crippen LogP contribution is -2.49. The van der Waals surface area contributed by atoms with Crippen LogP contribution in [0.3, 0.4) is 0 Å². The topological polar surface area (TPSA) is 66.4 Å². The Morgan fingerprint density at radius 3 is 2.47 bits per heavy atom. The van der Waals surface area contributed by atoms with E-state index in [1.54, 1.807) is 0 Å². The highest BCUT2D eigenvalue weighted by atomic mass is 35.5. The summed E-state index contributed by atoms with van der Waals surface area (Å²) in [5, 5.41) is 11.1. The fraction of sp³-hybridized carbons (Fsp3) is 0.273. The van der Waals surface area contributed by atoms with Crippen LogP contribution in [-0.4, -0.2) is 22.5 Å². The Bertz CT molecular complexity index is 474. The molecule has 1 rings (SSSR count). The Labute approximate surface area is 102 Å². The Hall–Kier alpha value is -1.62. The van der Waals surface area contributed by atoms with E-state index in [4.69, 9.17) is 16.7 Å². The van der Waals surface area contributed by atoms with Crippen molar-refractivity contribution in [2.24, 2.45) is 0 Å². The Balaban J connectivity index is 2.95. The van der Waals surface area contributed by atoms with Gasteiger partial charge in [-0.2, -0.15) is 0 Å². The summed E-state index contributed by atoms with van der Waals surface area (Å²) >= 11 is 5.68. The highest BCUT2D eigenvalue weighted by Gasteiger charge is 2.29. The molecule has 0 aliphatic carbocycles. The van der Waals surface area contributed by atoms with Crippen LogP contribution in [-0.2, 0) is 4.79 Å². The maximum Gasteiger partial charge on any atom is 0.328 e. The number of carboxylic acid groups (broad SMARTS) is 1. The van der Waals surface area contributed by atoms with Crippen molar-refractivity contribution >= 4 is 23.5 Å². The van der Waals surface area contributed by atoms with Gasteiger partial charge in [0.05, 0.1) is 10.6 Å². The fourth-order valence-corrected chi connectivity index (χ4v) is 1.33. The monoisotopic (exact) mass is 259 g/mol. The van der Waals surface area contributed by atoms with Gasteiger partial charge in [-0.3, -0.25) is 4.79 Å². The number of aliphatic carboxylic acids is 1.